The molecule has 19 nitrogen and oxygen atoms in total. The largest absolute Gasteiger partial charge is 0.394 e. The summed E-state index contributed by atoms with van der Waals surface area (Å²) in [6.07, 6.45) is 72.8. The van der Waals surface area contributed by atoms with Gasteiger partial charge in [0.25, 0.3) is 0 Å². The molecule has 1 amide bonds. The molecule has 684 valence electrons. The number of ether oxygens (including phenoxy) is 6. The molecule has 17 unspecified atom stereocenters. The first-order valence-electron chi connectivity index (χ1n) is 49.2. The van der Waals surface area contributed by atoms with Crippen molar-refractivity contribution in [2.45, 2.75) is 548 Å². The molecule has 12 N–H and O–H groups in total. The molecule has 3 saturated heterocycles. The maximum Gasteiger partial charge on any atom is 0.220 e. The van der Waals surface area contributed by atoms with Gasteiger partial charge < -0.3 is 89.9 Å². The Labute approximate surface area is 708 Å². The Bertz CT molecular complexity index is 2230. The van der Waals surface area contributed by atoms with Crippen LogP contribution in [0.2, 0.25) is 0 Å². The third-order valence-electron chi connectivity index (χ3n) is 24.7. The molecule has 3 aliphatic heterocycles. The maximum absolute atomic E-state index is 13.6. The molecule has 0 aromatic rings. The molecule has 116 heavy (non-hydrogen) atoms. The lowest BCUT2D eigenvalue weighted by Gasteiger charge is -2.48. The fourth-order valence-corrected chi connectivity index (χ4v) is 16.9. The Kier molecular flexibility index (Phi) is 71.5. The van der Waals surface area contributed by atoms with Gasteiger partial charge in [-0.2, -0.15) is 0 Å². The van der Waals surface area contributed by atoms with Crippen LogP contribution in [-0.4, -0.2) is 193 Å². The summed E-state index contributed by atoms with van der Waals surface area (Å²) in [6.45, 7) is 1.87. The van der Waals surface area contributed by atoms with Crippen LogP contribution in [0.25, 0.3) is 0 Å². The van der Waals surface area contributed by atoms with E-state index in [0.29, 0.717) is 12.8 Å². The summed E-state index contributed by atoms with van der Waals surface area (Å²) in [7, 11) is 0. The zero-order valence-corrected chi connectivity index (χ0v) is 74.3. The van der Waals surface area contributed by atoms with E-state index in [1.165, 1.54) is 353 Å². The molecule has 3 aliphatic rings. The zero-order valence-electron chi connectivity index (χ0n) is 74.3. The van der Waals surface area contributed by atoms with Crippen molar-refractivity contribution in [2.75, 3.05) is 26.4 Å². The van der Waals surface area contributed by atoms with Crippen molar-refractivity contribution < 1.29 is 89.4 Å². The number of carbonyl (C=O) groups excluding carboxylic acids is 1. The van der Waals surface area contributed by atoms with Gasteiger partial charge in [0, 0.05) is 6.42 Å². The van der Waals surface area contributed by atoms with Crippen LogP contribution in [0.5, 0.6) is 0 Å². The molecule has 0 aliphatic carbocycles. The molecule has 3 fully saturated rings. The van der Waals surface area contributed by atoms with Gasteiger partial charge in [-0.1, -0.05) is 423 Å². The first-order chi connectivity index (χ1) is 56.8. The van der Waals surface area contributed by atoms with Gasteiger partial charge in [-0.05, 0) is 51.4 Å². The molecule has 3 rings (SSSR count). The van der Waals surface area contributed by atoms with E-state index in [4.69, 9.17) is 28.4 Å². The topological polar surface area (TPSA) is 307 Å². The normalized spacial score (nSPS) is 24.6. The van der Waals surface area contributed by atoms with Crippen LogP contribution in [0.3, 0.4) is 0 Å². The quantitative estimate of drug-likeness (QED) is 0.0199. The number of hydrogen-bond donors (Lipinski definition) is 12. The summed E-state index contributed by atoms with van der Waals surface area (Å²) in [4.78, 5) is 13.6. The maximum atomic E-state index is 13.6. The van der Waals surface area contributed by atoms with Gasteiger partial charge in [-0.3, -0.25) is 4.79 Å². The van der Waals surface area contributed by atoms with Crippen molar-refractivity contribution >= 4 is 5.91 Å². The first-order valence-corrected chi connectivity index (χ1v) is 49.2. The van der Waals surface area contributed by atoms with E-state index in [2.05, 4.69) is 55.6 Å². The first kappa shape index (κ1) is 108. The fraction of sp³-hybridized carbons (Fsp3) is 0.928. The van der Waals surface area contributed by atoms with E-state index in [1.54, 1.807) is 0 Å². The number of aliphatic hydroxyl groups excluding tert-OH is 11. The highest BCUT2D eigenvalue weighted by Gasteiger charge is 2.54. The summed E-state index contributed by atoms with van der Waals surface area (Å²) >= 11 is 0. The van der Waals surface area contributed by atoms with E-state index in [1.807, 2.05) is 0 Å². The van der Waals surface area contributed by atoms with Gasteiger partial charge in [0.05, 0.1) is 38.6 Å². The number of amides is 1. The van der Waals surface area contributed by atoms with Crippen molar-refractivity contribution in [2.24, 2.45) is 0 Å². The average Bonchev–Trinajstić information content (AvgIpc) is 0.783. The van der Waals surface area contributed by atoms with Crippen molar-refractivity contribution in [1.82, 2.24) is 5.32 Å². The van der Waals surface area contributed by atoms with Crippen LogP contribution >= 0.6 is 0 Å². The molecule has 3 heterocycles. The SMILES string of the molecule is CCCCCCC/C=C\C/C=C\C/C=C\CCCCCCCCCCCCCCCCCCCCCCCCCCCCC(=O)NC(COC1OC(CO)C(OC2OC(CO)C(OC3OC(CO)C(O)C(O)C3O)C(O)C2O)C(O)C1O)C(O)CCCCCCCCCCCCCCCCCCCCCCCCCCCCCCCC. The highest BCUT2D eigenvalue weighted by atomic mass is 16.8. The van der Waals surface area contributed by atoms with Crippen LogP contribution in [0.4, 0.5) is 0 Å². The Balaban J connectivity index is 1.27. The minimum atomic E-state index is -1.97. The molecular formula is C97H183NO18. The van der Waals surface area contributed by atoms with Crippen LogP contribution in [0, 0.1) is 0 Å². The van der Waals surface area contributed by atoms with Gasteiger partial charge in [0.1, 0.15) is 73.2 Å². The van der Waals surface area contributed by atoms with Gasteiger partial charge in [-0.15, -0.1) is 0 Å². The fourth-order valence-electron chi connectivity index (χ4n) is 16.9. The highest BCUT2D eigenvalue weighted by Crippen LogP contribution is 2.34. The van der Waals surface area contributed by atoms with E-state index in [-0.39, 0.29) is 18.9 Å². The van der Waals surface area contributed by atoms with E-state index in [9.17, 15) is 61.0 Å². The van der Waals surface area contributed by atoms with Crippen molar-refractivity contribution in [3.63, 3.8) is 0 Å². The Morgan fingerprint density at radius 1 is 0.310 bits per heavy atom. The minimum Gasteiger partial charge on any atom is -0.394 e. The van der Waals surface area contributed by atoms with E-state index < -0.39 is 124 Å². The predicted octanol–water partition coefficient (Wildman–Crippen LogP) is 20.1. The summed E-state index contributed by atoms with van der Waals surface area (Å²) in [5.74, 6) is -0.232. The van der Waals surface area contributed by atoms with Crippen LogP contribution in [-0.2, 0) is 33.2 Å². The number of unbranched alkanes of at least 4 members (excludes halogenated alkanes) is 60. The molecule has 19 heteroatoms. The van der Waals surface area contributed by atoms with Crippen LogP contribution in [0.15, 0.2) is 36.5 Å². The summed E-state index contributed by atoms with van der Waals surface area (Å²) in [5, 5.41) is 122. The molecular weight excluding hydrogens is 1470 g/mol. The van der Waals surface area contributed by atoms with Crippen molar-refractivity contribution in [3.05, 3.63) is 36.5 Å². The molecule has 17 atom stereocenters. The smallest absolute Gasteiger partial charge is 0.220 e. The predicted molar refractivity (Wildman–Crippen MR) is 471 cm³/mol. The lowest BCUT2D eigenvalue weighted by atomic mass is 9.96. The van der Waals surface area contributed by atoms with E-state index in [0.717, 1.165) is 57.8 Å². The second-order valence-electron chi connectivity index (χ2n) is 35.2. The third kappa shape index (κ3) is 53.9. The Morgan fingerprint density at radius 3 is 0.888 bits per heavy atom. The van der Waals surface area contributed by atoms with Crippen molar-refractivity contribution in [1.29, 1.82) is 0 Å². The lowest BCUT2D eigenvalue weighted by molar-refractivity contribution is -0.379. The molecule has 0 spiro atoms. The number of aliphatic hydroxyl groups is 11. The molecule has 0 bridgehead atoms. The molecule has 0 saturated carbocycles. The van der Waals surface area contributed by atoms with Crippen molar-refractivity contribution in [3.8, 4) is 0 Å². The second-order valence-corrected chi connectivity index (χ2v) is 35.2. The average molecular weight is 1650 g/mol. The van der Waals surface area contributed by atoms with E-state index >= 15 is 0 Å². The Hall–Kier alpha value is -1.99. The molecule has 0 aromatic heterocycles. The van der Waals surface area contributed by atoms with Gasteiger partial charge in [0.15, 0.2) is 18.9 Å². The Morgan fingerprint density at radius 2 is 0.569 bits per heavy atom. The summed E-state index contributed by atoms with van der Waals surface area (Å²) in [6, 6.07) is -0.888. The van der Waals surface area contributed by atoms with Gasteiger partial charge >= 0.3 is 0 Å². The van der Waals surface area contributed by atoms with Gasteiger partial charge in [-0.25, -0.2) is 0 Å². The highest BCUT2D eigenvalue weighted by molar-refractivity contribution is 5.76. The molecule has 0 aromatic carbocycles. The number of allylic oxidation sites excluding steroid dienone is 6. The summed E-state index contributed by atoms with van der Waals surface area (Å²) < 4.78 is 34.7. The lowest BCUT2D eigenvalue weighted by Crippen LogP contribution is -2.66. The molecule has 0 radical (unpaired) electrons. The number of hydrogen-bond acceptors (Lipinski definition) is 18. The van der Waals surface area contributed by atoms with Crippen LogP contribution < -0.4 is 5.32 Å². The number of carbonyl (C=O) groups is 1. The monoisotopic (exact) mass is 1650 g/mol. The summed E-state index contributed by atoms with van der Waals surface area (Å²) in [5.41, 5.74) is 0. The second kappa shape index (κ2) is 76.6. The standard InChI is InChI=1S/C97H183NO18/c1-3-5-7-9-11-13-15-17-19-21-23-25-27-29-31-33-35-36-37-38-39-40-41-42-43-44-45-47-49-51-53-55-57-59-61-63-65-67-69-71-73-75-85(103)98-80(81(102)74-72-70-68-66-64-62-60-58-56-54-52-50-48-46-34-32-30-28-26-24-22-20-18-16-14-12-10-8-6-4-2)79-111-95-91(109)88(106)93(83(77-100)113-95)116-97-92(110)89(107)94(84(78-101)114-97)115-96-90(108)87(105)86(104)82(76-99)112-96/h15,17,21,23,27,29,80-84,86-97,99-102,104-110H,3-14,16,18-20,22,24-26,28,30-79H2,1-2H3,(H,98,103)/b17-15-,23-21-,29-27-. The zero-order chi connectivity index (χ0) is 83.8. The van der Waals surface area contributed by atoms with Crippen LogP contribution in [0.1, 0.15) is 444 Å². The minimum absolute atomic E-state index is 0.232. The number of rotatable bonds is 82. The third-order valence-corrected chi connectivity index (χ3v) is 24.7. The van der Waals surface area contributed by atoms with Gasteiger partial charge in [0.2, 0.25) is 5.91 Å². The number of nitrogens with one attached hydrogen (secondary N) is 1.